The minimum Gasteiger partial charge on any atom is -0.487 e. The van der Waals surface area contributed by atoms with Crippen molar-refractivity contribution in [2.75, 3.05) is 6.61 Å². The minimum absolute atomic E-state index is 0.0318. The lowest BCUT2D eigenvalue weighted by atomic mass is 10.2. The van der Waals surface area contributed by atoms with Gasteiger partial charge in [0, 0.05) is 12.5 Å². The molecule has 18 heavy (non-hydrogen) atoms. The number of nitro benzene ring substituents is 1. The second-order valence-electron chi connectivity index (χ2n) is 3.40. The van der Waals surface area contributed by atoms with Crippen molar-refractivity contribution in [1.29, 1.82) is 5.26 Å². The summed E-state index contributed by atoms with van der Waals surface area (Å²) >= 11 is 0. The van der Waals surface area contributed by atoms with Crippen LogP contribution in [0.4, 0.5) is 5.69 Å². The van der Waals surface area contributed by atoms with Gasteiger partial charge in [-0.25, -0.2) is 0 Å². The van der Waals surface area contributed by atoms with Gasteiger partial charge in [0.25, 0.3) is 0 Å². The van der Waals surface area contributed by atoms with Crippen LogP contribution in [0, 0.1) is 21.4 Å². The SMILES string of the molecule is N#Cc1ccc(OCCCC(=O)O)c([N+](=O)[O-])c1. The number of hydrogen-bond donors (Lipinski definition) is 1. The molecule has 1 rings (SSSR count). The minimum atomic E-state index is -0.951. The number of rotatable bonds is 6. The Hall–Kier alpha value is -2.62. The Bertz CT molecular complexity index is 507. The summed E-state index contributed by atoms with van der Waals surface area (Å²) in [6, 6.07) is 5.64. The molecule has 0 atom stereocenters. The molecule has 0 aliphatic carbocycles. The van der Waals surface area contributed by atoms with Crippen molar-refractivity contribution in [3.05, 3.63) is 33.9 Å². The zero-order valence-corrected chi connectivity index (χ0v) is 9.33. The fraction of sp³-hybridized carbons (Fsp3) is 0.273. The molecule has 0 saturated carbocycles. The Morgan fingerprint density at radius 1 is 1.56 bits per heavy atom. The highest BCUT2D eigenvalue weighted by atomic mass is 16.6. The van der Waals surface area contributed by atoms with Crippen LogP contribution < -0.4 is 4.74 Å². The highest BCUT2D eigenvalue weighted by Crippen LogP contribution is 2.27. The van der Waals surface area contributed by atoms with E-state index < -0.39 is 10.9 Å². The van der Waals surface area contributed by atoms with Gasteiger partial charge < -0.3 is 9.84 Å². The molecule has 7 nitrogen and oxygen atoms in total. The number of benzene rings is 1. The first kappa shape index (κ1) is 13.4. The van der Waals surface area contributed by atoms with Crippen molar-refractivity contribution in [3.63, 3.8) is 0 Å². The van der Waals surface area contributed by atoms with E-state index in [1.54, 1.807) is 6.07 Å². The van der Waals surface area contributed by atoms with Crippen LogP contribution in [0.25, 0.3) is 0 Å². The second kappa shape index (κ2) is 6.20. The predicted octanol–water partition coefficient (Wildman–Crippen LogP) is 1.71. The van der Waals surface area contributed by atoms with E-state index in [9.17, 15) is 14.9 Å². The molecule has 0 saturated heterocycles. The quantitative estimate of drug-likeness (QED) is 0.467. The number of aliphatic carboxylic acids is 1. The normalized spacial score (nSPS) is 9.50. The summed E-state index contributed by atoms with van der Waals surface area (Å²) in [5, 5.41) is 27.8. The number of nitro groups is 1. The summed E-state index contributed by atoms with van der Waals surface area (Å²) in [4.78, 5) is 20.4. The van der Waals surface area contributed by atoms with E-state index in [1.807, 2.05) is 0 Å². The Morgan fingerprint density at radius 3 is 2.83 bits per heavy atom. The van der Waals surface area contributed by atoms with Crippen LogP contribution in [-0.4, -0.2) is 22.6 Å². The summed E-state index contributed by atoms with van der Waals surface area (Å²) in [6.45, 7) is 0.0685. The van der Waals surface area contributed by atoms with Crippen molar-refractivity contribution in [2.24, 2.45) is 0 Å². The van der Waals surface area contributed by atoms with Gasteiger partial charge in [0.05, 0.1) is 23.2 Å². The number of nitrogens with zero attached hydrogens (tertiary/aromatic N) is 2. The Kier molecular flexibility index (Phi) is 4.63. The Morgan fingerprint density at radius 2 is 2.28 bits per heavy atom. The van der Waals surface area contributed by atoms with Crippen LogP contribution >= 0.6 is 0 Å². The average molecular weight is 250 g/mol. The van der Waals surface area contributed by atoms with Gasteiger partial charge in [-0.2, -0.15) is 5.26 Å². The predicted molar refractivity (Wildman–Crippen MR) is 60.2 cm³/mol. The molecular weight excluding hydrogens is 240 g/mol. The number of nitriles is 1. The number of carbonyl (C=O) groups is 1. The highest BCUT2D eigenvalue weighted by Gasteiger charge is 2.15. The van der Waals surface area contributed by atoms with Crippen molar-refractivity contribution in [3.8, 4) is 11.8 Å². The first-order valence-electron chi connectivity index (χ1n) is 5.07. The van der Waals surface area contributed by atoms with Gasteiger partial charge in [-0.1, -0.05) is 0 Å². The van der Waals surface area contributed by atoms with Crippen LogP contribution in [0.5, 0.6) is 5.75 Å². The summed E-state index contributed by atoms with van der Waals surface area (Å²) in [5.41, 5.74) is -0.135. The third kappa shape index (κ3) is 3.75. The lowest BCUT2D eigenvalue weighted by Gasteiger charge is -2.05. The van der Waals surface area contributed by atoms with Crippen molar-refractivity contribution in [2.45, 2.75) is 12.8 Å². The smallest absolute Gasteiger partial charge is 0.312 e. The largest absolute Gasteiger partial charge is 0.487 e. The highest BCUT2D eigenvalue weighted by molar-refractivity contribution is 5.66. The molecule has 0 aliphatic heterocycles. The zero-order chi connectivity index (χ0) is 13.5. The van der Waals surface area contributed by atoms with Gasteiger partial charge in [0.1, 0.15) is 0 Å². The third-order valence-electron chi connectivity index (χ3n) is 2.08. The second-order valence-corrected chi connectivity index (χ2v) is 3.40. The third-order valence-corrected chi connectivity index (χ3v) is 2.08. The van der Waals surface area contributed by atoms with E-state index >= 15 is 0 Å². The molecule has 1 aromatic rings. The van der Waals surface area contributed by atoms with Gasteiger partial charge in [0.2, 0.25) is 0 Å². The molecule has 0 aliphatic rings. The maximum Gasteiger partial charge on any atom is 0.312 e. The maximum absolute atomic E-state index is 10.8. The number of carboxylic acid groups (broad SMARTS) is 1. The topological polar surface area (TPSA) is 113 Å². The van der Waals surface area contributed by atoms with E-state index in [2.05, 4.69) is 0 Å². The summed E-state index contributed by atoms with van der Waals surface area (Å²) in [6.07, 6.45) is 0.191. The first-order valence-corrected chi connectivity index (χ1v) is 5.07. The molecule has 7 heteroatoms. The molecule has 0 heterocycles. The number of ether oxygens (including phenoxy) is 1. The van der Waals surface area contributed by atoms with Crippen molar-refractivity contribution < 1.29 is 19.6 Å². The molecule has 0 unspecified atom stereocenters. The van der Waals surface area contributed by atoms with Crippen LogP contribution in [-0.2, 0) is 4.79 Å². The van der Waals surface area contributed by atoms with E-state index in [4.69, 9.17) is 15.1 Å². The Labute approximate surface area is 102 Å². The molecule has 0 radical (unpaired) electrons. The molecule has 0 bridgehead atoms. The fourth-order valence-corrected chi connectivity index (χ4v) is 1.26. The Balaban J connectivity index is 2.73. The van der Waals surface area contributed by atoms with E-state index in [0.717, 1.165) is 6.07 Å². The van der Waals surface area contributed by atoms with Gasteiger partial charge >= 0.3 is 11.7 Å². The first-order chi connectivity index (χ1) is 8.54. The van der Waals surface area contributed by atoms with Crippen LogP contribution in [0.15, 0.2) is 18.2 Å². The number of hydrogen-bond acceptors (Lipinski definition) is 5. The standard InChI is InChI=1S/C11H10N2O5/c12-7-8-3-4-10(9(6-8)13(16)17)18-5-1-2-11(14)15/h3-4,6H,1-2,5H2,(H,14,15). The van der Waals surface area contributed by atoms with Crippen LogP contribution in [0.2, 0.25) is 0 Å². The molecule has 0 fully saturated rings. The monoisotopic (exact) mass is 250 g/mol. The van der Waals surface area contributed by atoms with Crippen molar-refractivity contribution >= 4 is 11.7 Å². The van der Waals surface area contributed by atoms with Gasteiger partial charge in [-0.3, -0.25) is 14.9 Å². The van der Waals surface area contributed by atoms with E-state index in [0.29, 0.717) is 0 Å². The zero-order valence-electron chi connectivity index (χ0n) is 9.33. The van der Waals surface area contributed by atoms with Crippen LogP contribution in [0.3, 0.4) is 0 Å². The van der Waals surface area contributed by atoms with Gasteiger partial charge in [0.15, 0.2) is 5.75 Å². The van der Waals surface area contributed by atoms with Crippen LogP contribution in [0.1, 0.15) is 18.4 Å². The number of carboxylic acids is 1. The summed E-state index contributed by atoms with van der Waals surface area (Å²) in [5.74, 6) is -0.919. The lowest BCUT2D eigenvalue weighted by molar-refractivity contribution is -0.385. The van der Waals surface area contributed by atoms with Gasteiger partial charge in [-0.05, 0) is 18.6 Å². The molecule has 1 aromatic carbocycles. The maximum atomic E-state index is 10.8. The molecule has 0 amide bonds. The molecular formula is C11H10N2O5. The summed E-state index contributed by atoms with van der Waals surface area (Å²) < 4.78 is 5.13. The molecule has 94 valence electrons. The van der Waals surface area contributed by atoms with Gasteiger partial charge in [-0.15, -0.1) is 0 Å². The molecule has 0 aromatic heterocycles. The molecule has 1 N–H and O–H groups in total. The van der Waals surface area contributed by atoms with E-state index in [-0.39, 0.29) is 36.4 Å². The fourth-order valence-electron chi connectivity index (χ4n) is 1.26. The summed E-state index contributed by atoms with van der Waals surface area (Å²) in [7, 11) is 0. The average Bonchev–Trinajstić information content (AvgIpc) is 2.34. The van der Waals surface area contributed by atoms with Crippen molar-refractivity contribution in [1.82, 2.24) is 0 Å². The molecule has 0 spiro atoms. The van der Waals surface area contributed by atoms with E-state index in [1.165, 1.54) is 12.1 Å². The lowest BCUT2D eigenvalue weighted by Crippen LogP contribution is -2.03.